The van der Waals surface area contributed by atoms with Crippen LogP contribution >= 0.6 is 23.2 Å². The lowest BCUT2D eigenvalue weighted by molar-refractivity contribution is -0.245. The molecule has 0 spiro atoms. The van der Waals surface area contributed by atoms with Crippen LogP contribution < -0.4 is 0 Å². The SMILES string of the molecule is COC(F)(F)C(Cl)(Cl)C(O)C1C(C(=O)O)C1(C)C. The highest BCUT2D eigenvalue weighted by Gasteiger charge is 2.72. The summed E-state index contributed by atoms with van der Waals surface area (Å²) < 4.78 is 27.7. The summed E-state index contributed by atoms with van der Waals surface area (Å²) in [5.74, 6) is -3.13. The monoisotopic (exact) mass is 306 g/mol. The van der Waals surface area contributed by atoms with Gasteiger partial charge in [0.1, 0.15) is 0 Å². The number of aliphatic hydroxyl groups excluding tert-OH is 1. The topological polar surface area (TPSA) is 66.8 Å². The van der Waals surface area contributed by atoms with Gasteiger partial charge in [-0.25, -0.2) is 0 Å². The Kier molecular flexibility index (Phi) is 3.92. The fraction of sp³-hybridized carbons (Fsp3) is 0.900. The van der Waals surface area contributed by atoms with Gasteiger partial charge in [-0.1, -0.05) is 37.0 Å². The van der Waals surface area contributed by atoms with Crippen molar-refractivity contribution in [3.63, 3.8) is 0 Å². The molecule has 8 heteroatoms. The molecule has 106 valence electrons. The average molecular weight is 307 g/mol. The minimum Gasteiger partial charge on any atom is -0.481 e. The van der Waals surface area contributed by atoms with E-state index in [4.69, 9.17) is 28.3 Å². The maximum absolute atomic E-state index is 13.4. The summed E-state index contributed by atoms with van der Waals surface area (Å²) in [6, 6.07) is 0. The molecule has 3 unspecified atom stereocenters. The molecule has 0 bridgehead atoms. The number of hydrogen-bond donors (Lipinski definition) is 2. The third-order valence-electron chi connectivity index (χ3n) is 3.53. The van der Waals surface area contributed by atoms with Gasteiger partial charge in [-0.2, -0.15) is 8.78 Å². The number of methoxy groups -OCH3 is 1. The largest absolute Gasteiger partial charge is 0.481 e. The highest BCUT2D eigenvalue weighted by Crippen LogP contribution is 2.63. The first-order chi connectivity index (χ1) is 7.91. The van der Waals surface area contributed by atoms with Crippen molar-refractivity contribution in [3.05, 3.63) is 0 Å². The van der Waals surface area contributed by atoms with Crippen LogP contribution in [-0.4, -0.2) is 39.8 Å². The Hall–Kier alpha value is -0.170. The molecule has 0 aromatic carbocycles. The normalized spacial score (nSPS) is 28.9. The van der Waals surface area contributed by atoms with E-state index in [-0.39, 0.29) is 0 Å². The predicted molar refractivity (Wildman–Crippen MR) is 60.8 cm³/mol. The predicted octanol–water partition coefficient (Wildman–Crippen LogP) is 2.12. The van der Waals surface area contributed by atoms with Crippen molar-refractivity contribution >= 4 is 29.2 Å². The van der Waals surface area contributed by atoms with Crippen molar-refractivity contribution in [3.8, 4) is 0 Å². The second-order valence-electron chi connectivity index (χ2n) is 4.95. The lowest BCUT2D eigenvalue weighted by atomic mass is 10.0. The van der Waals surface area contributed by atoms with E-state index in [0.717, 1.165) is 0 Å². The number of carboxylic acids is 1. The Morgan fingerprint density at radius 1 is 1.44 bits per heavy atom. The summed E-state index contributed by atoms with van der Waals surface area (Å²) in [6.45, 7) is 3.07. The van der Waals surface area contributed by atoms with E-state index in [2.05, 4.69) is 4.74 Å². The number of ether oxygens (including phenoxy) is 1. The molecule has 1 aliphatic carbocycles. The first-order valence-electron chi connectivity index (χ1n) is 5.13. The van der Waals surface area contributed by atoms with Gasteiger partial charge in [-0.15, -0.1) is 0 Å². The molecule has 1 rings (SSSR count). The van der Waals surface area contributed by atoms with Gasteiger partial charge < -0.3 is 14.9 Å². The van der Waals surface area contributed by atoms with Crippen molar-refractivity contribution in [2.75, 3.05) is 7.11 Å². The van der Waals surface area contributed by atoms with Gasteiger partial charge in [0.15, 0.2) is 0 Å². The number of hydrogen-bond acceptors (Lipinski definition) is 3. The summed E-state index contributed by atoms with van der Waals surface area (Å²) in [6.07, 6.45) is -5.91. The second-order valence-corrected chi connectivity index (χ2v) is 6.34. The van der Waals surface area contributed by atoms with Gasteiger partial charge >= 0.3 is 12.1 Å². The highest BCUT2D eigenvalue weighted by atomic mass is 35.5. The Labute approximate surface area is 113 Å². The third kappa shape index (κ3) is 2.19. The first kappa shape index (κ1) is 15.9. The molecule has 2 N–H and O–H groups in total. The highest BCUT2D eigenvalue weighted by molar-refractivity contribution is 6.49. The molecule has 0 aliphatic heterocycles. The number of aliphatic hydroxyl groups is 1. The first-order valence-corrected chi connectivity index (χ1v) is 5.88. The van der Waals surface area contributed by atoms with Crippen LogP contribution in [0.1, 0.15) is 13.8 Å². The molecule has 4 nitrogen and oxygen atoms in total. The average Bonchev–Trinajstić information content (AvgIpc) is 2.80. The van der Waals surface area contributed by atoms with Gasteiger partial charge in [0.2, 0.25) is 4.33 Å². The zero-order chi connectivity index (χ0) is 14.5. The molecular formula is C10H14Cl2F2O4. The van der Waals surface area contributed by atoms with E-state index < -0.39 is 39.8 Å². The number of halogens is 4. The fourth-order valence-corrected chi connectivity index (χ4v) is 2.70. The summed E-state index contributed by atoms with van der Waals surface area (Å²) in [4.78, 5) is 10.9. The lowest BCUT2D eigenvalue weighted by Gasteiger charge is -2.32. The minimum absolute atomic E-state index is 0.693. The Balaban J connectivity index is 2.97. The van der Waals surface area contributed by atoms with Crippen LogP contribution in [0.25, 0.3) is 0 Å². The van der Waals surface area contributed by atoms with Crippen LogP contribution in [0.15, 0.2) is 0 Å². The lowest BCUT2D eigenvalue weighted by Crippen LogP contribution is -2.50. The standard InChI is InChI=1S/C10H14Cl2F2O4/c1-8(2)4(5(8)7(16)17)6(15)9(11,12)10(13,14)18-3/h4-6,15H,1-3H3,(H,16,17). The molecule has 18 heavy (non-hydrogen) atoms. The molecule has 0 heterocycles. The summed E-state index contributed by atoms with van der Waals surface area (Å²) >= 11 is 10.9. The van der Waals surface area contributed by atoms with E-state index in [1.54, 1.807) is 0 Å². The molecular weight excluding hydrogens is 293 g/mol. The number of rotatable bonds is 5. The summed E-state index contributed by atoms with van der Waals surface area (Å²) in [5, 5.41) is 18.8. The minimum atomic E-state index is -3.99. The quantitative estimate of drug-likeness (QED) is 0.764. The van der Waals surface area contributed by atoms with Gasteiger partial charge in [-0.3, -0.25) is 4.79 Å². The maximum Gasteiger partial charge on any atom is 0.391 e. The molecule has 0 radical (unpaired) electrons. The van der Waals surface area contributed by atoms with Gasteiger partial charge in [0, 0.05) is 13.0 Å². The number of carbonyl (C=O) groups is 1. The fourth-order valence-electron chi connectivity index (χ4n) is 2.27. The van der Waals surface area contributed by atoms with Crippen molar-refractivity contribution in [1.29, 1.82) is 0 Å². The Morgan fingerprint density at radius 2 is 1.89 bits per heavy atom. The Morgan fingerprint density at radius 3 is 2.17 bits per heavy atom. The molecule has 3 atom stereocenters. The van der Waals surface area contributed by atoms with E-state index >= 15 is 0 Å². The van der Waals surface area contributed by atoms with Gasteiger partial charge in [0.25, 0.3) is 0 Å². The van der Waals surface area contributed by atoms with Crippen molar-refractivity contribution in [2.24, 2.45) is 17.3 Å². The number of aliphatic carboxylic acids is 1. The van der Waals surface area contributed by atoms with Crippen LogP contribution in [0.4, 0.5) is 8.78 Å². The van der Waals surface area contributed by atoms with E-state index in [1.165, 1.54) is 13.8 Å². The number of alkyl halides is 4. The maximum atomic E-state index is 13.4. The molecule has 1 fully saturated rings. The molecule has 0 amide bonds. The van der Waals surface area contributed by atoms with Crippen LogP contribution in [0.5, 0.6) is 0 Å². The van der Waals surface area contributed by atoms with Gasteiger partial charge in [-0.05, 0) is 5.41 Å². The summed E-state index contributed by atoms with van der Waals surface area (Å²) in [5.41, 5.74) is -0.857. The van der Waals surface area contributed by atoms with Crippen molar-refractivity contribution in [2.45, 2.75) is 30.4 Å². The van der Waals surface area contributed by atoms with Crippen molar-refractivity contribution < 1.29 is 28.5 Å². The van der Waals surface area contributed by atoms with Gasteiger partial charge in [0.05, 0.1) is 12.0 Å². The van der Waals surface area contributed by atoms with E-state index in [1.807, 2.05) is 0 Å². The number of carboxylic acid groups (broad SMARTS) is 1. The van der Waals surface area contributed by atoms with Crippen LogP contribution in [0.2, 0.25) is 0 Å². The molecule has 0 saturated heterocycles. The zero-order valence-electron chi connectivity index (χ0n) is 9.95. The van der Waals surface area contributed by atoms with Crippen LogP contribution in [-0.2, 0) is 9.53 Å². The van der Waals surface area contributed by atoms with E-state index in [9.17, 15) is 18.7 Å². The third-order valence-corrected chi connectivity index (χ3v) is 4.42. The smallest absolute Gasteiger partial charge is 0.391 e. The van der Waals surface area contributed by atoms with Crippen LogP contribution in [0, 0.1) is 17.3 Å². The molecule has 0 aromatic rings. The second kappa shape index (κ2) is 4.44. The molecule has 1 saturated carbocycles. The molecule has 0 aromatic heterocycles. The van der Waals surface area contributed by atoms with Crippen LogP contribution in [0.3, 0.4) is 0 Å². The summed E-state index contributed by atoms with van der Waals surface area (Å²) in [7, 11) is 0.693. The van der Waals surface area contributed by atoms with Crippen molar-refractivity contribution in [1.82, 2.24) is 0 Å². The zero-order valence-corrected chi connectivity index (χ0v) is 11.5. The molecule has 1 aliphatic rings. The van der Waals surface area contributed by atoms with E-state index in [0.29, 0.717) is 7.11 Å². The Bertz CT molecular complexity index is 360.